The number of pyridine rings is 1. The van der Waals surface area contributed by atoms with Crippen molar-refractivity contribution in [1.29, 1.82) is 0 Å². The van der Waals surface area contributed by atoms with E-state index in [9.17, 15) is 4.79 Å². The number of aromatic nitrogens is 1. The highest BCUT2D eigenvalue weighted by Crippen LogP contribution is 2.21. The van der Waals surface area contributed by atoms with Crippen LogP contribution in [-0.4, -0.2) is 61.9 Å². The molecule has 0 aromatic carbocycles. The Kier molecular flexibility index (Phi) is 5.52. The summed E-state index contributed by atoms with van der Waals surface area (Å²) in [4.78, 5) is 18.7. The third kappa shape index (κ3) is 3.51. The highest BCUT2D eigenvalue weighted by atomic mass is 16.5. The van der Waals surface area contributed by atoms with Crippen molar-refractivity contribution in [3.63, 3.8) is 0 Å². The lowest BCUT2D eigenvalue weighted by atomic mass is 10.2. The smallest absolute Gasteiger partial charge is 0.257 e. The highest BCUT2D eigenvalue weighted by Gasteiger charge is 2.36. The zero-order valence-corrected chi connectivity index (χ0v) is 12.8. The minimum absolute atomic E-state index is 0.0386. The van der Waals surface area contributed by atoms with Crippen LogP contribution in [0, 0.1) is 0 Å². The molecule has 2 atom stereocenters. The maximum Gasteiger partial charge on any atom is 0.257 e. The molecular weight excluding hydrogens is 270 g/mol. The molecule has 0 spiro atoms. The molecule has 1 aliphatic heterocycles. The number of methoxy groups -OCH3 is 2. The molecule has 1 amide bonds. The number of amides is 1. The van der Waals surface area contributed by atoms with Crippen LogP contribution >= 0.6 is 0 Å². The van der Waals surface area contributed by atoms with Gasteiger partial charge in [0.25, 0.3) is 5.91 Å². The zero-order chi connectivity index (χ0) is 15.2. The molecule has 6 nitrogen and oxygen atoms in total. The van der Waals surface area contributed by atoms with Gasteiger partial charge in [-0.1, -0.05) is 6.92 Å². The number of likely N-dealkylation sites (tertiary alicyclic amines) is 1. The molecule has 1 aromatic heterocycles. The maximum atomic E-state index is 12.7. The van der Waals surface area contributed by atoms with Gasteiger partial charge in [0.15, 0.2) is 0 Å². The highest BCUT2D eigenvalue weighted by molar-refractivity contribution is 5.98. The second kappa shape index (κ2) is 7.38. The van der Waals surface area contributed by atoms with Gasteiger partial charge in [-0.05, 0) is 18.6 Å². The molecule has 0 radical (unpaired) electrons. The first-order chi connectivity index (χ1) is 10.2. The molecule has 0 bridgehead atoms. The van der Waals surface area contributed by atoms with E-state index in [-0.39, 0.29) is 18.1 Å². The van der Waals surface area contributed by atoms with E-state index < -0.39 is 0 Å². The molecule has 1 aromatic rings. The standard InChI is InChI=1S/C15H23N3O3/c1-4-7-16-14-11(6-5-8-17-14)15(19)18-9-12(20-2)13(10-18)21-3/h5-6,8,12-13H,4,7,9-10H2,1-3H3,(H,16,17). The fourth-order valence-corrected chi connectivity index (χ4v) is 2.50. The van der Waals surface area contributed by atoms with Gasteiger partial charge < -0.3 is 19.7 Å². The van der Waals surface area contributed by atoms with E-state index in [2.05, 4.69) is 17.2 Å². The Labute approximate surface area is 125 Å². The molecule has 1 saturated heterocycles. The van der Waals surface area contributed by atoms with Gasteiger partial charge in [0.2, 0.25) is 0 Å². The van der Waals surface area contributed by atoms with E-state index in [1.165, 1.54) is 0 Å². The van der Waals surface area contributed by atoms with Crippen molar-refractivity contribution in [2.75, 3.05) is 39.2 Å². The van der Waals surface area contributed by atoms with Crippen LogP contribution in [0.4, 0.5) is 5.82 Å². The van der Waals surface area contributed by atoms with Gasteiger partial charge >= 0.3 is 0 Å². The van der Waals surface area contributed by atoms with Gasteiger partial charge in [-0.3, -0.25) is 4.79 Å². The van der Waals surface area contributed by atoms with Crippen molar-refractivity contribution in [3.05, 3.63) is 23.9 Å². The normalized spacial score (nSPS) is 21.6. The van der Waals surface area contributed by atoms with E-state index in [0.29, 0.717) is 24.5 Å². The van der Waals surface area contributed by atoms with Crippen LogP contribution in [0.15, 0.2) is 18.3 Å². The number of hydrogen-bond acceptors (Lipinski definition) is 5. The van der Waals surface area contributed by atoms with Crippen LogP contribution in [0.1, 0.15) is 23.7 Å². The van der Waals surface area contributed by atoms with Crippen molar-refractivity contribution in [1.82, 2.24) is 9.88 Å². The summed E-state index contributed by atoms with van der Waals surface area (Å²) in [5, 5.41) is 3.20. The van der Waals surface area contributed by atoms with Crippen LogP contribution < -0.4 is 5.32 Å². The van der Waals surface area contributed by atoms with Crippen molar-refractivity contribution >= 4 is 11.7 Å². The zero-order valence-electron chi connectivity index (χ0n) is 12.8. The first-order valence-electron chi connectivity index (χ1n) is 7.25. The average molecular weight is 293 g/mol. The summed E-state index contributed by atoms with van der Waals surface area (Å²) in [6, 6.07) is 3.58. The van der Waals surface area contributed by atoms with Crippen LogP contribution in [0.3, 0.4) is 0 Å². The number of carbonyl (C=O) groups excluding carboxylic acids is 1. The fraction of sp³-hybridized carbons (Fsp3) is 0.600. The lowest BCUT2D eigenvalue weighted by Gasteiger charge is -2.18. The molecular formula is C15H23N3O3. The topological polar surface area (TPSA) is 63.7 Å². The van der Waals surface area contributed by atoms with E-state index in [1.54, 1.807) is 37.4 Å². The third-order valence-corrected chi connectivity index (χ3v) is 3.69. The molecule has 1 N–H and O–H groups in total. The molecule has 0 saturated carbocycles. The molecule has 0 aliphatic carbocycles. The first kappa shape index (κ1) is 15.7. The number of nitrogens with one attached hydrogen (secondary N) is 1. The monoisotopic (exact) mass is 293 g/mol. The van der Waals surface area contributed by atoms with Crippen molar-refractivity contribution < 1.29 is 14.3 Å². The molecule has 21 heavy (non-hydrogen) atoms. The van der Waals surface area contributed by atoms with E-state index in [0.717, 1.165) is 13.0 Å². The van der Waals surface area contributed by atoms with Gasteiger partial charge in [0, 0.05) is 40.1 Å². The Morgan fingerprint density at radius 2 is 2.05 bits per heavy atom. The largest absolute Gasteiger partial charge is 0.377 e. The van der Waals surface area contributed by atoms with Crippen LogP contribution in [0.2, 0.25) is 0 Å². The Morgan fingerprint density at radius 3 is 2.62 bits per heavy atom. The summed E-state index contributed by atoms with van der Waals surface area (Å²) in [6.45, 7) is 3.94. The molecule has 1 fully saturated rings. The number of hydrogen-bond donors (Lipinski definition) is 1. The number of rotatable bonds is 6. The van der Waals surface area contributed by atoms with Crippen LogP contribution in [0.5, 0.6) is 0 Å². The molecule has 6 heteroatoms. The third-order valence-electron chi connectivity index (χ3n) is 3.69. The Hall–Kier alpha value is -1.66. The minimum Gasteiger partial charge on any atom is -0.377 e. The summed E-state index contributed by atoms with van der Waals surface area (Å²) >= 11 is 0. The summed E-state index contributed by atoms with van der Waals surface area (Å²) in [6.07, 6.45) is 2.51. The predicted octanol–water partition coefficient (Wildman–Crippen LogP) is 1.39. The number of nitrogens with zero attached hydrogens (tertiary/aromatic N) is 2. The van der Waals surface area contributed by atoms with Gasteiger partial charge in [-0.15, -0.1) is 0 Å². The van der Waals surface area contributed by atoms with Crippen molar-refractivity contribution in [2.45, 2.75) is 25.6 Å². The SMILES string of the molecule is CCCNc1ncccc1C(=O)N1CC(OC)C(OC)C1. The van der Waals surface area contributed by atoms with Gasteiger partial charge in [-0.2, -0.15) is 0 Å². The van der Waals surface area contributed by atoms with Crippen molar-refractivity contribution in [3.8, 4) is 0 Å². The first-order valence-corrected chi connectivity index (χ1v) is 7.25. The second-order valence-corrected chi connectivity index (χ2v) is 5.08. The molecule has 116 valence electrons. The van der Waals surface area contributed by atoms with Crippen LogP contribution in [-0.2, 0) is 9.47 Å². The van der Waals surface area contributed by atoms with Gasteiger partial charge in [0.05, 0.1) is 5.56 Å². The lowest BCUT2D eigenvalue weighted by molar-refractivity contribution is -0.00461. The predicted molar refractivity (Wildman–Crippen MR) is 80.5 cm³/mol. The minimum atomic E-state index is -0.0809. The summed E-state index contributed by atoms with van der Waals surface area (Å²) < 4.78 is 10.8. The Balaban J connectivity index is 2.13. The summed E-state index contributed by atoms with van der Waals surface area (Å²) in [5.74, 6) is 0.600. The average Bonchev–Trinajstić information content (AvgIpc) is 2.95. The fourth-order valence-electron chi connectivity index (χ4n) is 2.50. The van der Waals surface area contributed by atoms with E-state index in [1.807, 2.05) is 0 Å². The number of anilines is 1. The summed E-state index contributed by atoms with van der Waals surface area (Å²) in [5.41, 5.74) is 0.595. The van der Waals surface area contributed by atoms with Gasteiger partial charge in [0.1, 0.15) is 18.0 Å². The lowest BCUT2D eigenvalue weighted by Crippen LogP contribution is -2.31. The van der Waals surface area contributed by atoms with Gasteiger partial charge in [-0.25, -0.2) is 4.98 Å². The molecule has 2 rings (SSSR count). The van der Waals surface area contributed by atoms with Crippen LogP contribution in [0.25, 0.3) is 0 Å². The molecule has 1 aliphatic rings. The second-order valence-electron chi connectivity index (χ2n) is 5.08. The molecule has 2 heterocycles. The maximum absolute atomic E-state index is 12.7. The number of ether oxygens (including phenoxy) is 2. The van der Waals surface area contributed by atoms with E-state index >= 15 is 0 Å². The van der Waals surface area contributed by atoms with Crippen molar-refractivity contribution in [2.24, 2.45) is 0 Å². The quantitative estimate of drug-likeness (QED) is 0.858. The van der Waals surface area contributed by atoms with E-state index in [4.69, 9.17) is 9.47 Å². The summed E-state index contributed by atoms with van der Waals surface area (Å²) in [7, 11) is 3.28. The number of carbonyl (C=O) groups is 1. The Morgan fingerprint density at radius 1 is 1.38 bits per heavy atom. The molecule has 2 unspecified atom stereocenters. The Bertz CT molecular complexity index is 469.